The van der Waals surface area contributed by atoms with Gasteiger partial charge in [0.1, 0.15) is 18.3 Å². The molecule has 0 aromatic carbocycles. The Morgan fingerprint density at radius 3 is 2.56 bits per heavy atom. The minimum atomic E-state index is -1.19. The Morgan fingerprint density at radius 1 is 1.12 bits per heavy atom. The molecule has 0 aliphatic carbocycles. The molecule has 1 aliphatic heterocycles. The number of ether oxygens (including phenoxy) is 2. The average molecular weight is 234 g/mol. The molecule has 5 heteroatoms. The predicted molar refractivity (Wildman–Crippen MR) is 57.9 cm³/mol. The van der Waals surface area contributed by atoms with Crippen LogP contribution in [-0.4, -0.2) is 53.1 Å². The fourth-order valence-electron chi connectivity index (χ4n) is 1.65. The van der Waals surface area contributed by atoms with Crippen molar-refractivity contribution >= 4 is 0 Å². The Bertz CT molecular complexity index is 187. The van der Waals surface area contributed by atoms with Gasteiger partial charge in [0.05, 0.1) is 6.61 Å². The van der Waals surface area contributed by atoms with Crippen molar-refractivity contribution in [1.29, 1.82) is 0 Å². The first-order valence-electron chi connectivity index (χ1n) is 5.94. The molecule has 0 aromatic heterocycles. The van der Waals surface area contributed by atoms with Crippen LogP contribution in [0.4, 0.5) is 0 Å². The van der Waals surface area contributed by atoms with Gasteiger partial charge in [0, 0.05) is 6.61 Å². The largest absolute Gasteiger partial charge is 0.388 e. The molecule has 96 valence electrons. The summed E-state index contributed by atoms with van der Waals surface area (Å²) in [6.45, 7) is 2.63. The van der Waals surface area contributed by atoms with Gasteiger partial charge in [0.15, 0.2) is 6.29 Å². The second-order valence-corrected chi connectivity index (χ2v) is 4.18. The van der Waals surface area contributed by atoms with Gasteiger partial charge in [-0.2, -0.15) is 0 Å². The highest BCUT2D eigenvalue weighted by atomic mass is 16.7. The summed E-state index contributed by atoms with van der Waals surface area (Å²) in [4.78, 5) is 0. The van der Waals surface area contributed by atoms with Crippen molar-refractivity contribution in [2.24, 2.45) is 0 Å². The van der Waals surface area contributed by atoms with E-state index >= 15 is 0 Å². The monoisotopic (exact) mass is 234 g/mol. The molecule has 0 radical (unpaired) electrons. The third-order valence-electron chi connectivity index (χ3n) is 2.73. The lowest BCUT2D eigenvalue weighted by Gasteiger charge is -2.34. The lowest BCUT2D eigenvalue weighted by atomic mass is 10.1. The maximum atomic E-state index is 9.55. The summed E-state index contributed by atoms with van der Waals surface area (Å²) in [6.07, 6.45) is 0.120. The van der Waals surface area contributed by atoms with E-state index in [2.05, 4.69) is 6.92 Å². The molecule has 1 heterocycles. The van der Waals surface area contributed by atoms with E-state index in [-0.39, 0.29) is 6.61 Å². The van der Waals surface area contributed by atoms with E-state index in [1.165, 1.54) is 6.42 Å². The van der Waals surface area contributed by atoms with Crippen molar-refractivity contribution in [3.8, 4) is 0 Å². The Balaban J connectivity index is 2.16. The lowest BCUT2D eigenvalue weighted by Crippen LogP contribution is -2.53. The first kappa shape index (κ1) is 13.9. The van der Waals surface area contributed by atoms with E-state index in [9.17, 15) is 15.3 Å². The molecule has 5 nitrogen and oxygen atoms in total. The van der Waals surface area contributed by atoms with Gasteiger partial charge in [-0.15, -0.1) is 0 Å². The molecular weight excluding hydrogens is 212 g/mol. The second kappa shape index (κ2) is 7.19. The number of aliphatic hydroxyl groups is 3. The molecule has 0 unspecified atom stereocenters. The summed E-state index contributed by atoms with van der Waals surface area (Å²) >= 11 is 0. The van der Waals surface area contributed by atoms with Crippen molar-refractivity contribution in [3.05, 3.63) is 0 Å². The topological polar surface area (TPSA) is 79.2 Å². The van der Waals surface area contributed by atoms with Crippen molar-refractivity contribution in [2.45, 2.75) is 57.2 Å². The van der Waals surface area contributed by atoms with Crippen molar-refractivity contribution in [3.63, 3.8) is 0 Å². The highest BCUT2D eigenvalue weighted by molar-refractivity contribution is 4.82. The summed E-state index contributed by atoms with van der Waals surface area (Å²) < 4.78 is 10.4. The van der Waals surface area contributed by atoms with E-state index in [4.69, 9.17) is 9.47 Å². The van der Waals surface area contributed by atoms with Crippen molar-refractivity contribution in [2.75, 3.05) is 13.2 Å². The smallest absolute Gasteiger partial charge is 0.186 e. The summed E-state index contributed by atoms with van der Waals surface area (Å²) in [7, 11) is 0. The zero-order valence-electron chi connectivity index (χ0n) is 9.71. The third kappa shape index (κ3) is 3.99. The van der Waals surface area contributed by atoms with E-state index in [0.29, 0.717) is 6.61 Å². The molecule has 0 saturated carbocycles. The third-order valence-corrected chi connectivity index (χ3v) is 2.73. The standard InChI is InChI=1S/C11H22O5/c1-2-3-4-5-6-15-11-10(14)9(13)8(12)7-16-11/h8-14H,2-7H2,1H3/t8-,9+,10-,11-/m1/s1. The Hall–Kier alpha value is -0.200. The van der Waals surface area contributed by atoms with Crippen LogP contribution in [0.15, 0.2) is 0 Å². The van der Waals surface area contributed by atoms with Crippen LogP contribution in [-0.2, 0) is 9.47 Å². The molecule has 1 aliphatic rings. The van der Waals surface area contributed by atoms with Crippen LogP contribution in [0.3, 0.4) is 0 Å². The summed E-state index contributed by atoms with van der Waals surface area (Å²) in [6, 6.07) is 0. The fourth-order valence-corrected chi connectivity index (χ4v) is 1.65. The van der Waals surface area contributed by atoms with Gasteiger partial charge in [-0.25, -0.2) is 0 Å². The van der Waals surface area contributed by atoms with Crippen molar-refractivity contribution in [1.82, 2.24) is 0 Å². The first-order valence-corrected chi connectivity index (χ1v) is 5.94. The molecule has 0 bridgehead atoms. The van der Waals surface area contributed by atoms with Gasteiger partial charge in [-0.05, 0) is 6.42 Å². The van der Waals surface area contributed by atoms with Gasteiger partial charge in [-0.1, -0.05) is 26.2 Å². The number of hydrogen-bond acceptors (Lipinski definition) is 5. The average Bonchev–Trinajstić information content (AvgIpc) is 2.28. The first-order chi connectivity index (χ1) is 7.66. The molecule has 16 heavy (non-hydrogen) atoms. The van der Waals surface area contributed by atoms with Crippen LogP contribution < -0.4 is 0 Å². The molecule has 1 fully saturated rings. The van der Waals surface area contributed by atoms with Gasteiger partial charge < -0.3 is 24.8 Å². The van der Waals surface area contributed by atoms with Crippen LogP contribution in [0.1, 0.15) is 32.6 Å². The minimum Gasteiger partial charge on any atom is -0.388 e. The van der Waals surface area contributed by atoms with Crippen LogP contribution in [0.5, 0.6) is 0 Å². The molecule has 1 rings (SSSR count). The van der Waals surface area contributed by atoms with Gasteiger partial charge in [0.25, 0.3) is 0 Å². The molecule has 1 saturated heterocycles. The quantitative estimate of drug-likeness (QED) is 0.565. The second-order valence-electron chi connectivity index (χ2n) is 4.18. The minimum absolute atomic E-state index is 0.00213. The highest BCUT2D eigenvalue weighted by Crippen LogP contribution is 2.16. The maximum Gasteiger partial charge on any atom is 0.186 e. The molecule has 0 spiro atoms. The normalized spacial score (nSPS) is 35.2. The zero-order chi connectivity index (χ0) is 12.0. The molecule has 0 aromatic rings. The van der Waals surface area contributed by atoms with Crippen LogP contribution in [0, 0.1) is 0 Å². The number of rotatable bonds is 6. The van der Waals surface area contributed by atoms with E-state index in [1.54, 1.807) is 0 Å². The van der Waals surface area contributed by atoms with E-state index in [0.717, 1.165) is 19.3 Å². The fraction of sp³-hybridized carbons (Fsp3) is 1.00. The number of hydrogen-bond donors (Lipinski definition) is 3. The summed E-state index contributed by atoms with van der Waals surface area (Å²) in [5.74, 6) is 0. The van der Waals surface area contributed by atoms with Gasteiger partial charge in [-0.3, -0.25) is 0 Å². The van der Waals surface area contributed by atoms with Gasteiger partial charge in [0.2, 0.25) is 0 Å². The number of aliphatic hydroxyl groups excluding tert-OH is 3. The maximum absolute atomic E-state index is 9.55. The zero-order valence-corrected chi connectivity index (χ0v) is 9.71. The van der Waals surface area contributed by atoms with Gasteiger partial charge >= 0.3 is 0 Å². The van der Waals surface area contributed by atoms with Crippen molar-refractivity contribution < 1.29 is 24.8 Å². The molecule has 3 N–H and O–H groups in total. The van der Waals surface area contributed by atoms with Crippen LogP contribution >= 0.6 is 0 Å². The predicted octanol–water partition coefficient (Wildman–Crippen LogP) is 0.0223. The summed E-state index contributed by atoms with van der Waals surface area (Å²) in [5, 5.41) is 28.2. The Morgan fingerprint density at radius 2 is 1.88 bits per heavy atom. The van der Waals surface area contributed by atoms with E-state index < -0.39 is 24.6 Å². The SMILES string of the molecule is CCCCCCO[C@@H]1OC[C@@H](O)[C@H](O)[C@H]1O. The molecule has 0 amide bonds. The summed E-state index contributed by atoms with van der Waals surface area (Å²) in [5.41, 5.74) is 0. The molecule has 4 atom stereocenters. The highest BCUT2D eigenvalue weighted by Gasteiger charge is 2.37. The van der Waals surface area contributed by atoms with Crippen LogP contribution in [0.25, 0.3) is 0 Å². The lowest BCUT2D eigenvalue weighted by molar-refractivity contribution is -0.270. The Labute approximate surface area is 96.0 Å². The van der Waals surface area contributed by atoms with Crippen LogP contribution in [0.2, 0.25) is 0 Å². The van der Waals surface area contributed by atoms with E-state index in [1.807, 2.05) is 0 Å². The number of unbranched alkanes of at least 4 members (excludes halogenated alkanes) is 3. The molecular formula is C11H22O5. The Kier molecular flexibility index (Phi) is 6.23.